The van der Waals surface area contributed by atoms with Crippen molar-refractivity contribution in [2.24, 2.45) is 0 Å². The fraction of sp³-hybridized carbons (Fsp3) is 0.211. The van der Waals surface area contributed by atoms with Crippen molar-refractivity contribution in [2.45, 2.75) is 20.4 Å². The molecule has 1 aromatic heterocycles. The van der Waals surface area contributed by atoms with Crippen LogP contribution in [0.15, 0.2) is 42.6 Å². The van der Waals surface area contributed by atoms with Gasteiger partial charge < -0.3 is 14.8 Å². The van der Waals surface area contributed by atoms with Gasteiger partial charge in [0.2, 0.25) is 6.79 Å². The summed E-state index contributed by atoms with van der Waals surface area (Å²) < 4.78 is 12.2. The third kappa shape index (κ3) is 3.11. The Balaban J connectivity index is 1.44. The predicted octanol–water partition coefficient (Wildman–Crippen LogP) is 2.54. The maximum atomic E-state index is 12.3. The van der Waals surface area contributed by atoms with E-state index in [1.54, 1.807) is 10.9 Å². The number of carbonyl (C=O) groups excluding carboxylic acids is 1. The number of carbonyl (C=O) groups is 1. The molecule has 26 heavy (non-hydrogen) atoms. The quantitative estimate of drug-likeness (QED) is 0.782. The first-order valence-corrected chi connectivity index (χ1v) is 8.27. The number of ether oxygens (including phenoxy) is 2. The van der Waals surface area contributed by atoms with Crippen LogP contribution in [0, 0.1) is 13.8 Å². The second kappa shape index (κ2) is 6.51. The Morgan fingerprint density at radius 2 is 1.96 bits per heavy atom. The highest BCUT2D eigenvalue weighted by Crippen LogP contribution is 2.32. The number of nitrogens with zero attached hydrogens (tertiary/aromatic N) is 3. The average molecular weight is 350 g/mol. The molecule has 0 radical (unpaired) electrons. The van der Waals surface area contributed by atoms with E-state index >= 15 is 0 Å². The Morgan fingerprint density at radius 3 is 2.81 bits per heavy atom. The van der Waals surface area contributed by atoms with Crippen LogP contribution < -0.4 is 14.8 Å². The number of fused-ring (bicyclic) bond motifs is 1. The van der Waals surface area contributed by atoms with Gasteiger partial charge in [-0.25, -0.2) is 4.68 Å². The van der Waals surface area contributed by atoms with Crippen molar-refractivity contribution >= 4 is 5.91 Å². The topological polar surface area (TPSA) is 78.3 Å². The third-order valence-corrected chi connectivity index (χ3v) is 4.37. The SMILES string of the molecule is Cc1ccc(-n2cc(C(=O)NCc3ccc4c(c3)OCO4)nn2)cc1C. The zero-order valence-electron chi connectivity index (χ0n) is 14.5. The van der Waals surface area contributed by atoms with E-state index in [0.717, 1.165) is 22.6 Å². The van der Waals surface area contributed by atoms with Crippen LogP contribution in [0.4, 0.5) is 0 Å². The zero-order chi connectivity index (χ0) is 18.1. The summed E-state index contributed by atoms with van der Waals surface area (Å²) >= 11 is 0. The van der Waals surface area contributed by atoms with E-state index in [1.807, 2.05) is 43.3 Å². The van der Waals surface area contributed by atoms with E-state index in [4.69, 9.17) is 9.47 Å². The van der Waals surface area contributed by atoms with Gasteiger partial charge in [0.1, 0.15) is 0 Å². The van der Waals surface area contributed by atoms with Crippen LogP contribution in [0.3, 0.4) is 0 Å². The van der Waals surface area contributed by atoms with E-state index in [-0.39, 0.29) is 18.4 Å². The molecule has 0 atom stereocenters. The molecule has 0 spiro atoms. The largest absolute Gasteiger partial charge is 0.454 e. The Kier molecular flexibility index (Phi) is 4.04. The van der Waals surface area contributed by atoms with Crippen molar-refractivity contribution in [1.29, 1.82) is 0 Å². The zero-order valence-corrected chi connectivity index (χ0v) is 14.5. The second-order valence-corrected chi connectivity index (χ2v) is 6.19. The Morgan fingerprint density at radius 1 is 1.12 bits per heavy atom. The molecule has 1 aliphatic rings. The van der Waals surface area contributed by atoms with Gasteiger partial charge in [0.15, 0.2) is 17.2 Å². The van der Waals surface area contributed by atoms with Crippen molar-refractivity contribution < 1.29 is 14.3 Å². The number of amides is 1. The molecule has 2 aromatic carbocycles. The molecule has 0 aliphatic carbocycles. The highest BCUT2D eigenvalue weighted by atomic mass is 16.7. The first-order valence-electron chi connectivity index (χ1n) is 8.27. The maximum absolute atomic E-state index is 12.3. The minimum atomic E-state index is -0.280. The third-order valence-electron chi connectivity index (χ3n) is 4.37. The van der Waals surface area contributed by atoms with E-state index in [9.17, 15) is 4.79 Å². The number of aryl methyl sites for hydroxylation is 2. The minimum Gasteiger partial charge on any atom is -0.454 e. The van der Waals surface area contributed by atoms with Gasteiger partial charge in [-0.2, -0.15) is 0 Å². The highest BCUT2D eigenvalue weighted by molar-refractivity contribution is 5.91. The van der Waals surface area contributed by atoms with Crippen molar-refractivity contribution in [3.05, 3.63) is 65.0 Å². The van der Waals surface area contributed by atoms with Crippen molar-refractivity contribution in [3.63, 3.8) is 0 Å². The molecular formula is C19H18N4O3. The Hall–Kier alpha value is -3.35. The second-order valence-electron chi connectivity index (χ2n) is 6.19. The molecule has 3 aromatic rings. The van der Waals surface area contributed by atoms with Gasteiger partial charge in [-0.3, -0.25) is 4.79 Å². The molecule has 0 saturated carbocycles. The molecule has 7 nitrogen and oxygen atoms in total. The average Bonchev–Trinajstić information content (AvgIpc) is 3.30. The summed E-state index contributed by atoms with van der Waals surface area (Å²) in [5.74, 6) is 1.13. The summed E-state index contributed by atoms with van der Waals surface area (Å²) in [4.78, 5) is 12.3. The number of rotatable bonds is 4. The summed E-state index contributed by atoms with van der Waals surface area (Å²) in [6, 6.07) is 11.6. The lowest BCUT2D eigenvalue weighted by Crippen LogP contribution is -2.23. The van der Waals surface area contributed by atoms with Gasteiger partial charge in [0.25, 0.3) is 5.91 Å². The Labute approximate surface area is 150 Å². The normalized spacial score (nSPS) is 12.2. The Bertz CT molecular complexity index is 981. The van der Waals surface area contributed by atoms with Gasteiger partial charge in [0.05, 0.1) is 11.9 Å². The summed E-state index contributed by atoms with van der Waals surface area (Å²) in [5, 5.41) is 10.9. The van der Waals surface area contributed by atoms with Gasteiger partial charge >= 0.3 is 0 Å². The summed E-state index contributed by atoms with van der Waals surface area (Å²) in [6.45, 7) is 4.68. The molecule has 132 valence electrons. The number of hydrogen-bond donors (Lipinski definition) is 1. The monoisotopic (exact) mass is 350 g/mol. The highest BCUT2D eigenvalue weighted by Gasteiger charge is 2.15. The molecule has 0 bridgehead atoms. The first kappa shape index (κ1) is 16.1. The van der Waals surface area contributed by atoms with Crippen LogP contribution in [0.5, 0.6) is 11.5 Å². The molecule has 7 heteroatoms. The smallest absolute Gasteiger partial charge is 0.273 e. The fourth-order valence-corrected chi connectivity index (χ4v) is 2.69. The van der Waals surface area contributed by atoms with Gasteiger partial charge in [0, 0.05) is 6.54 Å². The predicted molar refractivity (Wildman–Crippen MR) is 94.6 cm³/mol. The molecule has 1 N–H and O–H groups in total. The number of aromatic nitrogens is 3. The maximum Gasteiger partial charge on any atom is 0.273 e. The van der Waals surface area contributed by atoms with E-state index in [0.29, 0.717) is 12.3 Å². The molecule has 2 heterocycles. The minimum absolute atomic E-state index is 0.229. The molecular weight excluding hydrogens is 332 g/mol. The van der Waals surface area contributed by atoms with Gasteiger partial charge in [-0.1, -0.05) is 17.3 Å². The molecule has 1 aliphatic heterocycles. The van der Waals surface area contributed by atoms with Crippen molar-refractivity contribution in [2.75, 3.05) is 6.79 Å². The van der Waals surface area contributed by atoms with Crippen molar-refractivity contribution in [1.82, 2.24) is 20.3 Å². The summed E-state index contributed by atoms with van der Waals surface area (Å²) in [5.41, 5.74) is 4.42. The number of nitrogens with one attached hydrogen (secondary N) is 1. The molecule has 1 amide bonds. The van der Waals surface area contributed by atoms with Gasteiger partial charge in [-0.05, 0) is 54.8 Å². The van der Waals surface area contributed by atoms with Crippen LogP contribution >= 0.6 is 0 Å². The number of hydrogen-bond acceptors (Lipinski definition) is 5. The van der Waals surface area contributed by atoms with E-state index in [2.05, 4.69) is 22.6 Å². The standard InChI is InChI=1S/C19H18N4O3/c1-12-3-5-15(7-13(12)2)23-10-16(21-22-23)19(24)20-9-14-4-6-17-18(8-14)26-11-25-17/h3-8,10H,9,11H2,1-2H3,(H,20,24). The van der Waals surface area contributed by atoms with Crippen molar-refractivity contribution in [3.8, 4) is 17.2 Å². The molecule has 0 fully saturated rings. The summed E-state index contributed by atoms with van der Waals surface area (Å²) in [7, 11) is 0. The summed E-state index contributed by atoms with van der Waals surface area (Å²) in [6.07, 6.45) is 1.62. The van der Waals surface area contributed by atoms with Crippen LogP contribution in [-0.2, 0) is 6.54 Å². The lowest BCUT2D eigenvalue weighted by Gasteiger charge is -2.05. The molecule has 0 saturated heterocycles. The molecule has 0 unspecified atom stereocenters. The number of benzene rings is 2. The van der Waals surface area contributed by atoms with E-state index < -0.39 is 0 Å². The lowest BCUT2D eigenvalue weighted by atomic mass is 10.1. The lowest BCUT2D eigenvalue weighted by molar-refractivity contribution is 0.0945. The fourth-order valence-electron chi connectivity index (χ4n) is 2.69. The first-order chi connectivity index (χ1) is 12.6. The van der Waals surface area contributed by atoms with Gasteiger partial charge in [-0.15, -0.1) is 5.10 Å². The molecule has 4 rings (SSSR count). The van der Waals surface area contributed by atoms with Crippen LogP contribution in [0.25, 0.3) is 5.69 Å². The van der Waals surface area contributed by atoms with Crippen LogP contribution in [0.1, 0.15) is 27.2 Å². The van der Waals surface area contributed by atoms with E-state index in [1.165, 1.54) is 5.56 Å². The van der Waals surface area contributed by atoms with Crippen LogP contribution in [-0.4, -0.2) is 27.7 Å². The van der Waals surface area contributed by atoms with Crippen LogP contribution in [0.2, 0.25) is 0 Å².